The van der Waals surface area contributed by atoms with Crippen LogP contribution in [0.3, 0.4) is 0 Å². The van der Waals surface area contributed by atoms with Crippen molar-refractivity contribution in [1.29, 1.82) is 0 Å². The second-order valence-electron chi connectivity index (χ2n) is 6.55. The minimum Gasteiger partial charge on any atom is -0.497 e. The van der Waals surface area contributed by atoms with Crippen LogP contribution in [0.2, 0.25) is 0 Å². The Morgan fingerprint density at radius 2 is 1.82 bits per heavy atom. The molecule has 0 amide bonds. The highest BCUT2D eigenvalue weighted by atomic mass is 16.5. The molecule has 116 valence electrons. The smallest absolute Gasteiger partial charge is 0.131 e. The Labute approximate surface area is 131 Å². The number of fused-ring (bicyclic) bond motifs is 3. The Morgan fingerprint density at radius 3 is 2.59 bits per heavy atom. The van der Waals surface area contributed by atoms with E-state index >= 15 is 0 Å². The lowest BCUT2D eigenvalue weighted by Crippen LogP contribution is -2.51. The monoisotopic (exact) mass is 297 g/mol. The van der Waals surface area contributed by atoms with Gasteiger partial charge in [-0.25, -0.2) is 0 Å². The fourth-order valence-corrected chi connectivity index (χ4v) is 3.95. The minimum absolute atomic E-state index is 0.312. The van der Waals surface area contributed by atoms with Gasteiger partial charge in [-0.1, -0.05) is 30.7 Å². The molecule has 2 aliphatic heterocycles. The molecule has 1 unspecified atom stereocenters. The quantitative estimate of drug-likeness (QED) is 0.932. The number of rotatable bonds is 3. The zero-order valence-corrected chi connectivity index (χ0v) is 13.0. The van der Waals surface area contributed by atoms with Gasteiger partial charge >= 0.3 is 0 Å². The summed E-state index contributed by atoms with van der Waals surface area (Å²) >= 11 is 0. The molecule has 1 N–H and O–H groups in total. The molecule has 0 radical (unpaired) electrons. The van der Waals surface area contributed by atoms with E-state index in [1.54, 1.807) is 7.11 Å². The van der Waals surface area contributed by atoms with Crippen molar-refractivity contribution in [3.05, 3.63) is 36.4 Å². The maximum absolute atomic E-state index is 6.43. The summed E-state index contributed by atoms with van der Waals surface area (Å²) in [6.07, 6.45) is 6.47. The molecule has 2 aromatic carbocycles. The lowest BCUT2D eigenvalue weighted by Gasteiger charge is -2.40. The van der Waals surface area contributed by atoms with Gasteiger partial charge < -0.3 is 14.8 Å². The van der Waals surface area contributed by atoms with Crippen LogP contribution in [0.1, 0.15) is 32.1 Å². The standard InChI is InChI=1S/C19H23NO2/c1-21-16-9-13-5-2-3-8-18(13)19(12-16)22-17-10-14-6-4-7-15(11-17)20-14/h2-3,5,8-9,12,14-15,17,20H,4,6-7,10-11H2,1H3/t14-,15+,17?. The Morgan fingerprint density at radius 1 is 1.05 bits per heavy atom. The Bertz CT molecular complexity index is 658. The van der Waals surface area contributed by atoms with E-state index in [1.165, 1.54) is 30.0 Å². The van der Waals surface area contributed by atoms with Gasteiger partial charge in [-0.3, -0.25) is 0 Å². The first kappa shape index (κ1) is 13.9. The van der Waals surface area contributed by atoms with Crippen LogP contribution in [-0.2, 0) is 0 Å². The summed E-state index contributed by atoms with van der Waals surface area (Å²) in [5.41, 5.74) is 0. The van der Waals surface area contributed by atoms with Crippen LogP contribution in [0.4, 0.5) is 0 Å². The fraction of sp³-hybridized carbons (Fsp3) is 0.474. The summed E-state index contributed by atoms with van der Waals surface area (Å²) in [6, 6.07) is 13.7. The van der Waals surface area contributed by atoms with Crippen LogP contribution in [0.5, 0.6) is 11.5 Å². The van der Waals surface area contributed by atoms with Gasteiger partial charge in [0.1, 0.15) is 17.6 Å². The van der Waals surface area contributed by atoms with Crippen molar-refractivity contribution < 1.29 is 9.47 Å². The van der Waals surface area contributed by atoms with Crippen molar-refractivity contribution in [3.8, 4) is 11.5 Å². The predicted molar refractivity (Wildman–Crippen MR) is 88.7 cm³/mol. The van der Waals surface area contributed by atoms with Crippen LogP contribution in [-0.4, -0.2) is 25.3 Å². The van der Waals surface area contributed by atoms with E-state index in [0.29, 0.717) is 18.2 Å². The van der Waals surface area contributed by atoms with Gasteiger partial charge in [0.05, 0.1) is 7.11 Å². The maximum Gasteiger partial charge on any atom is 0.131 e. The Hall–Kier alpha value is -1.74. The summed E-state index contributed by atoms with van der Waals surface area (Å²) in [6.45, 7) is 0. The third-order valence-corrected chi connectivity index (χ3v) is 5.00. The van der Waals surface area contributed by atoms with Gasteiger partial charge in [0.2, 0.25) is 0 Å². The average molecular weight is 297 g/mol. The van der Waals surface area contributed by atoms with E-state index < -0.39 is 0 Å². The number of methoxy groups -OCH3 is 1. The molecular weight excluding hydrogens is 274 g/mol. The molecule has 3 atom stereocenters. The van der Waals surface area contributed by atoms with E-state index in [1.807, 2.05) is 6.07 Å². The van der Waals surface area contributed by atoms with Crippen molar-refractivity contribution in [2.75, 3.05) is 7.11 Å². The molecule has 2 aliphatic rings. The minimum atomic E-state index is 0.312. The number of nitrogens with one attached hydrogen (secondary N) is 1. The van der Waals surface area contributed by atoms with Crippen LogP contribution in [0.15, 0.2) is 36.4 Å². The molecule has 2 aromatic rings. The molecule has 2 bridgehead atoms. The number of benzene rings is 2. The molecule has 4 rings (SSSR count). The van der Waals surface area contributed by atoms with Crippen LogP contribution in [0.25, 0.3) is 10.8 Å². The number of hydrogen-bond acceptors (Lipinski definition) is 3. The van der Waals surface area contributed by atoms with Gasteiger partial charge in [0, 0.05) is 23.5 Å². The van der Waals surface area contributed by atoms with Crippen LogP contribution >= 0.6 is 0 Å². The molecule has 3 nitrogen and oxygen atoms in total. The first-order valence-corrected chi connectivity index (χ1v) is 8.31. The van der Waals surface area contributed by atoms with Gasteiger partial charge in [-0.15, -0.1) is 0 Å². The van der Waals surface area contributed by atoms with Gasteiger partial charge in [-0.05, 0) is 37.1 Å². The summed E-state index contributed by atoms with van der Waals surface area (Å²) in [7, 11) is 1.71. The first-order valence-electron chi connectivity index (χ1n) is 8.31. The molecule has 2 heterocycles. The Kier molecular flexibility index (Phi) is 3.67. The van der Waals surface area contributed by atoms with Gasteiger partial charge in [-0.2, -0.15) is 0 Å². The largest absolute Gasteiger partial charge is 0.497 e. The van der Waals surface area contributed by atoms with Gasteiger partial charge in [0.25, 0.3) is 0 Å². The second kappa shape index (κ2) is 5.81. The third kappa shape index (κ3) is 2.66. The number of piperidine rings is 2. The first-order chi connectivity index (χ1) is 10.8. The molecular formula is C19H23NO2. The lowest BCUT2D eigenvalue weighted by atomic mass is 9.85. The SMILES string of the molecule is COc1cc(OC2C[C@H]3CCC[C@@H](C2)N3)c2ccccc2c1. The molecule has 2 fully saturated rings. The zero-order chi connectivity index (χ0) is 14.9. The van der Waals surface area contributed by atoms with E-state index in [4.69, 9.17) is 9.47 Å². The van der Waals surface area contributed by atoms with Gasteiger partial charge in [0.15, 0.2) is 0 Å². The molecule has 0 aliphatic carbocycles. The van der Waals surface area contributed by atoms with Crippen molar-refractivity contribution in [3.63, 3.8) is 0 Å². The molecule has 0 aromatic heterocycles. The van der Waals surface area contributed by atoms with Crippen molar-refractivity contribution in [1.82, 2.24) is 5.32 Å². The summed E-state index contributed by atoms with van der Waals surface area (Å²) in [4.78, 5) is 0. The van der Waals surface area contributed by atoms with Crippen molar-refractivity contribution in [2.24, 2.45) is 0 Å². The summed E-state index contributed by atoms with van der Waals surface area (Å²) in [5, 5.41) is 6.07. The van der Waals surface area contributed by atoms with Crippen molar-refractivity contribution >= 4 is 10.8 Å². The molecule has 2 saturated heterocycles. The normalized spacial score (nSPS) is 27.6. The molecule has 3 heteroatoms. The van der Waals surface area contributed by atoms with Crippen LogP contribution < -0.4 is 14.8 Å². The zero-order valence-electron chi connectivity index (χ0n) is 13.0. The van der Waals surface area contributed by atoms with E-state index in [-0.39, 0.29) is 0 Å². The van der Waals surface area contributed by atoms with Crippen LogP contribution in [0, 0.1) is 0 Å². The average Bonchev–Trinajstić information content (AvgIpc) is 2.54. The van der Waals surface area contributed by atoms with Crippen molar-refractivity contribution in [2.45, 2.75) is 50.3 Å². The molecule has 0 saturated carbocycles. The predicted octanol–water partition coefficient (Wildman–Crippen LogP) is 3.90. The number of ether oxygens (including phenoxy) is 2. The summed E-state index contributed by atoms with van der Waals surface area (Å²) < 4.78 is 11.9. The van der Waals surface area contributed by atoms with E-state index in [2.05, 4.69) is 35.6 Å². The third-order valence-electron chi connectivity index (χ3n) is 5.00. The highest BCUT2D eigenvalue weighted by molar-refractivity contribution is 5.89. The topological polar surface area (TPSA) is 30.5 Å². The second-order valence-corrected chi connectivity index (χ2v) is 6.55. The fourth-order valence-electron chi connectivity index (χ4n) is 3.95. The number of hydrogen-bond donors (Lipinski definition) is 1. The lowest BCUT2D eigenvalue weighted by molar-refractivity contribution is 0.0938. The summed E-state index contributed by atoms with van der Waals surface area (Å²) in [5.74, 6) is 1.82. The van der Waals surface area contributed by atoms with E-state index in [9.17, 15) is 0 Å². The molecule has 22 heavy (non-hydrogen) atoms. The molecule has 0 spiro atoms. The van der Waals surface area contributed by atoms with E-state index in [0.717, 1.165) is 24.3 Å². The highest BCUT2D eigenvalue weighted by Crippen LogP contribution is 2.34. The highest BCUT2D eigenvalue weighted by Gasteiger charge is 2.32. The Balaban J connectivity index is 1.63. The maximum atomic E-state index is 6.43.